The van der Waals surface area contributed by atoms with Gasteiger partial charge in [0.15, 0.2) is 0 Å². The third-order valence-corrected chi connectivity index (χ3v) is 4.73. The number of aliphatic hydroxyl groups is 1. The molecular formula is C13H28O4PS-. The molecule has 116 valence electrons. The van der Waals surface area contributed by atoms with Crippen molar-refractivity contribution in [3.63, 3.8) is 0 Å². The topological polar surface area (TPSA) is 61.8 Å². The van der Waals surface area contributed by atoms with Gasteiger partial charge in [-0.25, -0.2) is 0 Å². The number of hydrogen-bond acceptors (Lipinski definition) is 5. The smallest absolute Gasteiger partial charge is 0.115 e. The van der Waals surface area contributed by atoms with Crippen LogP contribution in [0.25, 0.3) is 0 Å². The molecule has 1 N–H and O–H groups in total. The van der Waals surface area contributed by atoms with E-state index >= 15 is 0 Å². The van der Waals surface area contributed by atoms with Crippen LogP contribution in [0.15, 0.2) is 0 Å². The first-order valence-electron chi connectivity index (χ1n) is 7.24. The largest absolute Gasteiger partial charge is 0.780 e. The predicted octanol–water partition coefficient (Wildman–Crippen LogP) is 3.13. The van der Waals surface area contributed by atoms with Gasteiger partial charge < -0.3 is 19.0 Å². The molecule has 19 heavy (non-hydrogen) atoms. The molecule has 0 amide bonds. The van der Waals surface area contributed by atoms with E-state index < -0.39 is 6.72 Å². The van der Waals surface area contributed by atoms with Crippen LogP contribution in [-0.2, 0) is 20.9 Å². The van der Waals surface area contributed by atoms with E-state index in [1.165, 1.54) is 45.6 Å². The van der Waals surface area contributed by atoms with E-state index in [0.29, 0.717) is 13.2 Å². The molecule has 4 nitrogen and oxygen atoms in total. The Morgan fingerprint density at radius 3 is 1.74 bits per heavy atom. The maximum absolute atomic E-state index is 11.2. The van der Waals surface area contributed by atoms with Crippen molar-refractivity contribution >= 4 is 18.5 Å². The van der Waals surface area contributed by atoms with Crippen LogP contribution in [0.4, 0.5) is 0 Å². The lowest BCUT2D eigenvalue weighted by Crippen LogP contribution is -2.06. The summed E-state index contributed by atoms with van der Waals surface area (Å²) in [7, 11) is 1.31. The minimum Gasteiger partial charge on any atom is -0.780 e. The third-order valence-electron chi connectivity index (χ3n) is 3.03. The van der Waals surface area contributed by atoms with Crippen molar-refractivity contribution in [1.29, 1.82) is 0 Å². The molecule has 6 heteroatoms. The molecule has 0 aliphatic carbocycles. The van der Waals surface area contributed by atoms with E-state index in [9.17, 15) is 4.89 Å². The highest BCUT2D eigenvalue weighted by Crippen LogP contribution is 2.37. The monoisotopic (exact) mass is 311 g/mol. The van der Waals surface area contributed by atoms with Crippen LogP contribution in [0.3, 0.4) is 0 Å². The van der Waals surface area contributed by atoms with Gasteiger partial charge in [-0.1, -0.05) is 63.2 Å². The SMILES string of the molecule is COP([O-])(=S)OCCCCCCCCCCCCO. The fourth-order valence-electron chi connectivity index (χ4n) is 1.86. The second kappa shape index (κ2) is 13.5. The Labute approximate surface area is 122 Å². The fraction of sp³-hybridized carbons (Fsp3) is 1.00. The van der Waals surface area contributed by atoms with Gasteiger partial charge in [0, 0.05) is 13.7 Å². The van der Waals surface area contributed by atoms with E-state index in [4.69, 9.17) is 9.63 Å². The van der Waals surface area contributed by atoms with Crippen molar-refractivity contribution in [2.45, 2.75) is 64.2 Å². The van der Waals surface area contributed by atoms with Gasteiger partial charge >= 0.3 is 0 Å². The number of aliphatic hydroxyl groups excluding tert-OH is 1. The maximum atomic E-state index is 11.2. The highest BCUT2D eigenvalue weighted by atomic mass is 32.5. The molecule has 1 atom stereocenters. The molecule has 0 heterocycles. The summed E-state index contributed by atoms with van der Waals surface area (Å²) in [5.41, 5.74) is 0. The maximum Gasteiger partial charge on any atom is 0.115 e. The molecule has 0 radical (unpaired) electrons. The Kier molecular flexibility index (Phi) is 13.8. The van der Waals surface area contributed by atoms with Gasteiger partial charge in [-0.05, 0) is 12.8 Å². The first-order valence-corrected chi connectivity index (χ1v) is 9.80. The minimum absolute atomic E-state index is 0.322. The Hall–Kier alpha value is 0.490. The quantitative estimate of drug-likeness (QED) is 0.394. The zero-order chi connectivity index (χ0) is 14.4. The summed E-state index contributed by atoms with van der Waals surface area (Å²) >= 11 is 4.62. The Morgan fingerprint density at radius 2 is 1.32 bits per heavy atom. The Balaban J connectivity index is 3.09. The van der Waals surface area contributed by atoms with Crippen LogP contribution in [0.1, 0.15) is 64.2 Å². The van der Waals surface area contributed by atoms with Crippen LogP contribution < -0.4 is 4.89 Å². The number of unbranched alkanes of at least 4 members (excludes halogenated alkanes) is 9. The normalized spacial score (nSPS) is 14.5. The van der Waals surface area contributed by atoms with Gasteiger partial charge in [0.05, 0.1) is 6.61 Å². The van der Waals surface area contributed by atoms with Crippen LogP contribution in [0.5, 0.6) is 0 Å². The van der Waals surface area contributed by atoms with Crippen molar-refractivity contribution in [2.24, 2.45) is 0 Å². The lowest BCUT2D eigenvalue weighted by molar-refractivity contribution is -0.204. The van der Waals surface area contributed by atoms with Gasteiger partial charge in [-0.2, -0.15) is 0 Å². The van der Waals surface area contributed by atoms with E-state index in [-0.39, 0.29) is 0 Å². The van der Waals surface area contributed by atoms with E-state index in [1.54, 1.807) is 0 Å². The van der Waals surface area contributed by atoms with E-state index in [1.807, 2.05) is 0 Å². The molecule has 0 aliphatic heterocycles. The third kappa shape index (κ3) is 14.7. The molecule has 0 saturated heterocycles. The summed E-state index contributed by atoms with van der Waals surface area (Å²) in [5, 5.41) is 8.63. The fourth-order valence-corrected chi connectivity index (χ4v) is 2.54. The lowest BCUT2D eigenvalue weighted by atomic mass is 10.1. The summed E-state index contributed by atoms with van der Waals surface area (Å²) < 4.78 is 9.56. The molecule has 0 saturated carbocycles. The molecule has 0 spiro atoms. The molecule has 0 bridgehead atoms. The van der Waals surface area contributed by atoms with E-state index in [2.05, 4.69) is 16.3 Å². The van der Waals surface area contributed by atoms with Crippen molar-refractivity contribution in [3.05, 3.63) is 0 Å². The molecule has 0 aromatic rings. The first-order chi connectivity index (χ1) is 9.12. The number of rotatable bonds is 14. The Bertz CT molecular complexity index is 239. The zero-order valence-corrected chi connectivity index (χ0v) is 13.7. The van der Waals surface area contributed by atoms with Gasteiger partial charge in [-0.15, -0.1) is 0 Å². The molecular weight excluding hydrogens is 283 g/mol. The van der Waals surface area contributed by atoms with Crippen LogP contribution in [0.2, 0.25) is 0 Å². The molecule has 0 aliphatic rings. The van der Waals surface area contributed by atoms with Gasteiger partial charge in [0.1, 0.15) is 6.72 Å². The van der Waals surface area contributed by atoms with Gasteiger partial charge in [-0.3, -0.25) is 0 Å². The first kappa shape index (κ1) is 19.5. The van der Waals surface area contributed by atoms with E-state index in [0.717, 1.165) is 25.7 Å². The van der Waals surface area contributed by atoms with Crippen molar-refractivity contribution in [2.75, 3.05) is 20.3 Å². The standard InChI is InChI=1S/C13H29O4PS/c1-16-18(15,19)17-13-11-9-7-5-3-2-4-6-8-10-12-14/h14H,2-13H2,1H3,(H,15,19)/p-1. The average Bonchev–Trinajstić information content (AvgIpc) is 2.40. The predicted molar refractivity (Wildman–Crippen MR) is 80.5 cm³/mol. The van der Waals surface area contributed by atoms with Gasteiger partial charge in [0.25, 0.3) is 0 Å². The number of hydrogen-bond donors (Lipinski definition) is 1. The molecule has 0 aromatic carbocycles. The highest BCUT2D eigenvalue weighted by molar-refractivity contribution is 8.06. The summed E-state index contributed by atoms with van der Waals surface area (Å²) in [5.74, 6) is 0. The molecule has 0 rings (SSSR count). The Morgan fingerprint density at radius 1 is 0.895 bits per heavy atom. The zero-order valence-electron chi connectivity index (χ0n) is 12.0. The van der Waals surface area contributed by atoms with Gasteiger partial charge in [0.2, 0.25) is 0 Å². The van der Waals surface area contributed by atoms with Crippen LogP contribution in [-0.4, -0.2) is 25.4 Å². The molecule has 0 fully saturated rings. The minimum atomic E-state index is -3.19. The highest BCUT2D eigenvalue weighted by Gasteiger charge is 1.99. The summed E-state index contributed by atoms with van der Waals surface area (Å²) in [6, 6.07) is 0. The average molecular weight is 311 g/mol. The molecule has 1 unspecified atom stereocenters. The van der Waals surface area contributed by atoms with Crippen LogP contribution >= 0.6 is 6.72 Å². The lowest BCUT2D eigenvalue weighted by Gasteiger charge is -2.24. The summed E-state index contributed by atoms with van der Waals surface area (Å²) in [6.45, 7) is -2.44. The second-order valence-electron chi connectivity index (χ2n) is 4.72. The molecule has 0 aromatic heterocycles. The van der Waals surface area contributed by atoms with Crippen molar-refractivity contribution in [3.8, 4) is 0 Å². The van der Waals surface area contributed by atoms with Crippen LogP contribution in [0, 0.1) is 0 Å². The summed E-state index contributed by atoms with van der Waals surface area (Å²) in [4.78, 5) is 11.2. The van der Waals surface area contributed by atoms with Crippen molar-refractivity contribution < 1.29 is 19.0 Å². The second-order valence-corrected chi connectivity index (χ2v) is 7.58. The van der Waals surface area contributed by atoms with Crippen molar-refractivity contribution in [1.82, 2.24) is 0 Å². The summed E-state index contributed by atoms with van der Waals surface area (Å²) in [6.07, 6.45) is 11.6.